The van der Waals surface area contributed by atoms with E-state index >= 15 is 0 Å². The van der Waals surface area contributed by atoms with E-state index in [0.717, 1.165) is 5.76 Å². The zero-order valence-corrected chi connectivity index (χ0v) is 13.2. The second kappa shape index (κ2) is 4.38. The maximum Gasteiger partial charge on any atom is 0.182 e. The molecule has 5 nitrogen and oxygen atoms in total. The Morgan fingerprint density at radius 2 is 1.39 bits per heavy atom. The number of rotatable bonds is 1. The fraction of sp³-hybridized carbons (Fsp3) is 0.556. The molecule has 0 aromatic rings. The lowest BCUT2D eigenvalue weighted by atomic mass is 9.38. The first-order valence-corrected chi connectivity index (χ1v) is 7.54. The monoisotopic (exact) mass is 304 g/mol. The summed E-state index contributed by atoms with van der Waals surface area (Å²) < 4.78 is 5.96. The summed E-state index contributed by atoms with van der Waals surface area (Å²) in [6.45, 7) is 5.82. The Balaban J connectivity index is 2.14. The second-order valence-electron chi connectivity index (χ2n) is 7.39. The van der Waals surface area contributed by atoms with Crippen LogP contribution in [-0.4, -0.2) is 5.60 Å². The number of allylic oxidation sites excluding steroid dienone is 4. The van der Waals surface area contributed by atoms with Gasteiger partial charge in [0.15, 0.2) is 10.8 Å². The predicted octanol–water partition coefficient (Wildman–Crippen LogP) is 2.81. The maximum atomic E-state index is 9.74. The molecule has 0 N–H and O–H groups in total. The van der Waals surface area contributed by atoms with Gasteiger partial charge < -0.3 is 4.74 Å². The summed E-state index contributed by atoms with van der Waals surface area (Å²) >= 11 is 0. The van der Waals surface area contributed by atoms with Gasteiger partial charge in [-0.15, -0.1) is 0 Å². The summed E-state index contributed by atoms with van der Waals surface area (Å²) in [4.78, 5) is 0. The summed E-state index contributed by atoms with van der Waals surface area (Å²) in [6, 6.07) is 8.06. The van der Waals surface area contributed by atoms with Gasteiger partial charge in [-0.2, -0.15) is 21.0 Å². The van der Waals surface area contributed by atoms with E-state index in [2.05, 4.69) is 0 Å². The van der Waals surface area contributed by atoms with Crippen LogP contribution in [0.4, 0.5) is 0 Å². The molecule has 0 aromatic carbocycles. The molecule has 0 amide bonds. The second-order valence-corrected chi connectivity index (χ2v) is 7.39. The number of hydrogen-bond acceptors (Lipinski definition) is 5. The van der Waals surface area contributed by atoms with Crippen molar-refractivity contribution in [3.8, 4) is 24.3 Å². The number of nitriles is 4. The van der Waals surface area contributed by atoms with Gasteiger partial charge in [0.1, 0.15) is 5.60 Å². The molecule has 0 saturated heterocycles. The van der Waals surface area contributed by atoms with Crippen LogP contribution in [-0.2, 0) is 4.74 Å². The van der Waals surface area contributed by atoms with Crippen molar-refractivity contribution in [2.24, 2.45) is 34.5 Å². The van der Waals surface area contributed by atoms with Crippen molar-refractivity contribution in [2.45, 2.75) is 26.4 Å². The molecule has 2 bridgehead atoms. The number of hydrogen-bond donors (Lipinski definition) is 0. The van der Waals surface area contributed by atoms with Gasteiger partial charge in [0.25, 0.3) is 0 Å². The molecule has 0 heterocycles. The highest BCUT2D eigenvalue weighted by atomic mass is 16.5. The number of ether oxygens (including phenoxy) is 1. The summed E-state index contributed by atoms with van der Waals surface area (Å²) in [7, 11) is 0. The minimum absolute atomic E-state index is 0.0310. The molecule has 23 heavy (non-hydrogen) atoms. The van der Waals surface area contributed by atoms with Crippen LogP contribution < -0.4 is 0 Å². The van der Waals surface area contributed by atoms with Gasteiger partial charge in [0.2, 0.25) is 0 Å². The van der Waals surface area contributed by atoms with Gasteiger partial charge in [0.05, 0.1) is 30.0 Å². The molecule has 4 aliphatic rings. The standard InChI is InChI=1S/C18H16N4O/c1-16(2,3)23-14-6-11-12-4-5-13(15(11)14)18(9-21,10-22)17(12,7-19)8-20/h4-6,11-13,15H,1-3H3/t11-,12+,13+,15-/m1/s1. The number of fused-ring (bicyclic) bond motifs is 1. The highest BCUT2D eigenvalue weighted by Crippen LogP contribution is 2.68. The first-order valence-electron chi connectivity index (χ1n) is 7.54. The average molecular weight is 304 g/mol. The Morgan fingerprint density at radius 3 is 1.87 bits per heavy atom. The van der Waals surface area contributed by atoms with Crippen molar-refractivity contribution in [3.63, 3.8) is 0 Å². The molecule has 5 heteroatoms. The molecule has 0 unspecified atom stereocenters. The van der Waals surface area contributed by atoms with Crippen LogP contribution in [0.15, 0.2) is 24.0 Å². The Hall–Kier alpha value is -2.76. The van der Waals surface area contributed by atoms with Crippen molar-refractivity contribution < 1.29 is 4.74 Å². The smallest absolute Gasteiger partial charge is 0.182 e. The zero-order valence-electron chi connectivity index (χ0n) is 13.2. The van der Waals surface area contributed by atoms with Crippen LogP contribution >= 0.6 is 0 Å². The van der Waals surface area contributed by atoms with Crippen molar-refractivity contribution in [1.29, 1.82) is 21.0 Å². The van der Waals surface area contributed by atoms with Gasteiger partial charge in [0, 0.05) is 17.8 Å². The highest BCUT2D eigenvalue weighted by Gasteiger charge is 2.73. The fourth-order valence-corrected chi connectivity index (χ4v) is 4.24. The first kappa shape index (κ1) is 15.1. The van der Waals surface area contributed by atoms with E-state index in [1.54, 1.807) is 0 Å². The maximum absolute atomic E-state index is 9.74. The lowest BCUT2D eigenvalue weighted by Gasteiger charge is -2.59. The van der Waals surface area contributed by atoms with Gasteiger partial charge >= 0.3 is 0 Å². The molecule has 114 valence electrons. The minimum Gasteiger partial charge on any atom is -0.492 e. The van der Waals surface area contributed by atoms with E-state index < -0.39 is 22.7 Å². The largest absolute Gasteiger partial charge is 0.492 e. The zero-order chi connectivity index (χ0) is 17.0. The molecular formula is C18H16N4O. The number of nitrogens with zero attached hydrogens (tertiary/aromatic N) is 4. The van der Waals surface area contributed by atoms with E-state index in [4.69, 9.17) is 4.74 Å². The van der Waals surface area contributed by atoms with Gasteiger partial charge in [-0.25, -0.2) is 0 Å². The van der Waals surface area contributed by atoms with Crippen LogP contribution in [0.2, 0.25) is 0 Å². The molecule has 4 atom stereocenters. The lowest BCUT2D eigenvalue weighted by Crippen LogP contribution is -2.63. The SMILES string of the molecule is CC(C)(C)OC1=C[C@H]2[C@@H]1[C@@H]1C=C[C@@H]2C(C#N)(C#N)C1(C#N)C#N. The predicted molar refractivity (Wildman–Crippen MR) is 79.3 cm³/mol. The average Bonchev–Trinajstić information content (AvgIpc) is 2.50. The Bertz CT molecular complexity index is 759. The van der Waals surface area contributed by atoms with E-state index in [1.807, 2.05) is 63.3 Å². The van der Waals surface area contributed by atoms with Crippen LogP contribution in [0.5, 0.6) is 0 Å². The molecule has 1 saturated carbocycles. The normalized spacial score (nSPS) is 34.5. The Labute approximate surface area is 135 Å². The Morgan fingerprint density at radius 1 is 0.913 bits per heavy atom. The van der Waals surface area contributed by atoms with E-state index in [0.29, 0.717) is 0 Å². The van der Waals surface area contributed by atoms with Gasteiger partial charge in [-0.3, -0.25) is 0 Å². The van der Waals surface area contributed by atoms with Crippen LogP contribution in [0.1, 0.15) is 20.8 Å². The molecular weight excluding hydrogens is 288 g/mol. The van der Waals surface area contributed by atoms with Crippen LogP contribution in [0, 0.1) is 79.8 Å². The van der Waals surface area contributed by atoms with Crippen molar-refractivity contribution in [3.05, 3.63) is 24.0 Å². The molecule has 0 spiro atoms. The quantitative estimate of drug-likeness (QED) is 0.693. The molecule has 1 fully saturated rings. The molecule has 4 rings (SSSR count). The van der Waals surface area contributed by atoms with Gasteiger partial charge in [-0.1, -0.05) is 12.2 Å². The summed E-state index contributed by atoms with van der Waals surface area (Å²) in [5.74, 6) is -0.343. The molecule has 0 radical (unpaired) electrons. The summed E-state index contributed by atoms with van der Waals surface area (Å²) in [5.41, 5.74) is -3.68. The molecule has 0 aliphatic heterocycles. The minimum atomic E-state index is -1.67. The van der Waals surface area contributed by atoms with Crippen molar-refractivity contribution in [2.75, 3.05) is 0 Å². The third-order valence-corrected chi connectivity index (χ3v) is 5.18. The van der Waals surface area contributed by atoms with Gasteiger partial charge in [-0.05, 0) is 32.8 Å². The van der Waals surface area contributed by atoms with E-state index in [1.165, 1.54) is 0 Å². The summed E-state index contributed by atoms with van der Waals surface area (Å²) in [6.07, 6.45) is 5.60. The summed E-state index contributed by atoms with van der Waals surface area (Å²) in [5, 5.41) is 38.8. The third kappa shape index (κ3) is 1.58. The fourth-order valence-electron chi connectivity index (χ4n) is 4.24. The van der Waals surface area contributed by atoms with Crippen LogP contribution in [0.3, 0.4) is 0 Å². The van der Waals surface area contributed by atoms with E-state index in [-0.39, 0.29) is 17.4 Å². The lowest BCUT2D eigenvalue weighted by molar-refractivity contribution is -0.0644. The van der Waals surface area contributed by atoms with Crippen LogP contribution in [0.25, 0.3) is 0 Å². The highest BCUT2D eigenvalue weighted by molar-refractivity contribution is 5.49. The molecule has 4 aliphatic carbocycles. The first-order chi connectivity index (χ1) is 10.8. The van der Waals surface area contributed by atoms with Crippen molar-refractivity contribution in [1.82, 2.24) is 0 Å². The Kier molecular flexibility index (Phi) is 2.88. The third-order valence-electron chi connectivity index (χ3n) is 5.18. The topological polar surface area (TPSA) is 104 Å². The van der Waals surface area contributed by atoms with Crippen molar-refractivity contribution >= 4 is 0 Å². The molecule has 0 aromatic heterocycles. The van der Waals surface area contributed by atoms with E-state index in [9.17, 15) is 21.0 Å².